The van der Waals surface area contributed by atoms with Crippen LogP contribution in [-0.4, -0.2) is 23.0 Å². The molecule has 0 aliphatic rings. The number of halogens is 2. The summed E-state index contributed by atoms with van der Waals surface area (Å²) in [6, 6.07) is 12.7. The van der Waals surface area contributed by atoms with Gasteiger partial charge in [-0.2, -0.15) is 0 Å². The summed E-state index contributed by atoms with van der Waals surface area (Å²) in [7, 11) is 0. The predicted octanol–water partition coefficient (Wildman–Crippen LogP) is 5.61. The SMILES string of the molecule is Cc1ccc(-c2nc(C(=O)OC(C)C(=O)Nc3cccc(Cl)c3Cl)cs2)cc1. The van der Waals surface area contributed by atoms with Crippen LogP contribution in [0, 0.1) is 6.92 Å². The zero-order valence-electron chi connectivity index (χ0n) is 15.0. The lowest BCUT2D eigenvalue weighted by molar-refractivity contribution is -0.123. The second-order valence-electron chi connectivity index (χ2n) is 6.04. The molecule has 28 heavy (non-hydrogen) atoms. The topological polar surface area (TPSA) is 68.3 Å². The summed E-state index contributed by atoms with van der Waals surface area (Å²) in [5, 5.41) is 5.44. The van der Waals surface area contributed by atoms with Crippen molar-refractivity contribution in [3.05, 3.63) is 69.1 Å². The number of nitrogens with zero attached hydrogens (tertiary/aromatic N) is 1. The molecule has 1 aromatic heterocycles. The van der Waals surface area contributed by atoms with Gasteiger partial charge in [-0.25, -0.2) is 9.78 Å². The molecular formula is C20H16Cl2N2O3S. The molecule has 1 unspecified atom stereocenters. The Labute approximate surface area is 176 Å². The van der Waals surface area contributed by atoms with E-state index in [-0.39, 0.29) is 10.7 Å². The maximum atomic E-state index is 12.3. The highest BCUT2D eigenvalue weighted by molar-refractivity contribution is 7.13. The second-order valence-corrected chi connectivity index (χ2v) is 7.69. The number of carbonyl (C=O) groups is 2. The standard InChI is InChI=1S/C20H16Cl2N2O3S/c1-11-6-8-13(9-7-11)19-24-16(10-28-19)20(26)27-12(2)18(25)23-15-5-3-4-14(21)17(15)22/h3-10,12H,1-2H3,(H,23,25). The molecule has 144 valence electrons. The highest BCUT2D eigenvalue weighted by atomic mass is 35.5. The van der Waals surface area contributed by atoms with Gasteiger partial charge >= 0.3 is 5.97 Å². The number of hydrogen-bond acceptors (Lipinski definition) is 5. The quantitative estimate of drug-likeness (QED) is 0.529. The average molecular weight is 435 g/mol. The third kappa shape index (κ3) is 4.70. The van der Waals surface area contributed by atoms with Gasteiger partial charge in [0.25, 0.3) is 5.91 Å². The molecule has 0 radical (unpaired) electrons. The average Bonchev–Trinajstić information content (AvgIpc) is 3.16. The Kier molecular flexibility index (Phi) is 6.34. The van der Waals surface area contributed by atoms with Crippen LogP contribution in [0.1, 0.15) is 23.0 Å². The minimum Gasteiger partial charge on any atom is -0.448 e. The summed E-state index contributed by atoms with van der Waals surface area (Å²) < 4.78 is 5.23. The summed E-state index contributed by atoms with van der Waals surface area (Å²) >= 11 is 13.3. The maximum absolute atomic E-state index is 12.3. The number of carbonyl (C=O) groups excluding carboxylic acids is 2. The highest BCUT2D eigenvalue weighted by Crippen LogP contribution is 2.29. The number of hydrogen-bond donors (Lipinski definition) is 1. The van der Waals surface area contributed by atoms with Crippen molar-refractivity contribution in [3.63, 3.8) is 0 Å². The lowest BCUT2D eigenvalue weighted by Crippen LogP contribution is -2.30. The van der Waals surface area contributed by atoms with E-state index in [0.29, 0.717) is 15.7 Å². The van der Waals surface area contributed by atoms with Gasteiger partial charge in [-0.15, -0.1) is 11.3 Å². The molecule has 3 rings (SSSR count). The van der Waals surface area contributed by atoms with Gasteiger partial charge in [-0.1, -0.05) is 59.1 Å². The van der Waals surface area contributed by atoms with Crippen molar-refractivity contribution in [1.82, 2.24) is 4.98 Å². The number of ether oxygens (including phenoxy) is 1. The third-order valence-corrected chi connectivity index (χ3v) is 5.58. The fourth-order valence-electron chi connectivity index (χ4n) is 2.31. The number of thiazole rings is 1. The van der Waals surface area contributed by atoms with E-state index < -0.39 is 18.0 Å². The van der Waals surface area contributed by atoms with E-state index in [4.69, 9.17) is 27.9 Å². The Balaban J connectivity index is 1.64. The van der Waals surface area contributed by atoms with Gasteiger partial charge in [0, 0.05) is 10.9 Å². The Morgan fingerprint density at radius 1 is 1.14 bits per heavy atom. The normalized spacial score (nSPS) is 11.7. The lowest BCUT2D eigenvalue weighted by atomic mass is 10.2. The number of nitrogens with one attached hydrogen (secondary N) is 1. The fourth-order valence-corrected chi connectivity index (χ4v) is 3.45. The first-order valence-corrected chi connectivity index (χ1v) is 9.97. The Hall–Kier alpha value is -2.41. The molecule has 0 saturated heterocycles. The minimum absolute atomic E-state index is 0.154. The summed E-state index contributed by atoms with van der Waals surface area (Å²) in [6.45, 7) is 3.47. The van der Waals surface area contributed by atoms with Crippen molar-refractivity contribution in [2.24, 2.45) is 0 Å². The van der Waals surface area contributed by atoms with Crippen LogP contribution < -0.4 is 5.32 Å². The maximum Gasteiger partial charge on any atom is 0.358 e. The van der Waals surface area contributed by atoms with Gasteiger partial charge < -0.3 is 10.1 Å². The fraction of sp³-hybridized carbons (Fsp3) is 0.150. The van der Waals surface area contributed by atoms with Crippen LogP contribution in [-0.2, 0) is 9.53 Å². The summed E-state index contributed by atoms with van der Waals surface area (Å²) in [5.74, 6) is -1.19. The number of esters is 1. The summed E-state index contributed by atoms with van der Waals surface area (Å²) in [6.07, 6.45) is -1.04. The molecule has 0 aliphatic heterocycles. The van der Waals surface area contributed by atoms with E-state index in [1.807, 2.05) is 31.2 Å². The number of amides is 1. The predicted molar refractivity (Wildman–Crippen MR) is 112 cm³/mol. The molecule has 0 spiro atoms. The van der Waals surface area contributed by atoms with E-state index in [1.54, 1.807) is 23.6 Å². The molecular weight excluding hydrogens is 419 g/mol. The van der Waals surface area contributed by atoms with Gasteiger partial charge in [0.05, 0.1) is 15.7 Å². The molecule has 3 aromatic rings. The van der Waals surface area contributed by atoms with Crippen molar-refractivity contribution in [1.29, 1.82) is 0 Å². The number of rotatable bonds is 5. The Bertz CT molecular complexity index is 1020. The van der Waals surface area contributed by atoms with E-state index in [2.05, 4.69) is 10.3 Å². The molecule has 0 fully saturated rings. The first-order valence-electron chi connectivity index (χ1n) is 8.33. The molecule has 8 heteroatoms. The lowest BCUT2D eigenvalue weighted by Gasteiger charge is -2.14. The first-order chi connectivity index (χ1) is 13.3. The van der Waals surface area contributed by atoms with Gasteiger partial charge in [-0.05, 0) is 26.0 Å². The third-order valence-electron chi connectivity index (χ3n) is 3.87. The smallest absolute Gasteiger partial charge is 0.358 e. The van der Waals surface area contributed by atoms with Gasteiger partial charge in [0.2, 0.25) is 0 Å². The Morgan fingerprint density at radius 2 is 1.86 bits per heavy atom. The van der Waals surface area contributed by atoms with Crippen LogP contribution >= 0.6 is 34.5 Å². The molecule has 0 saturated carbocycles. The highest BCUT2D eigenvalue weighted by Gasteiger charge is 2.22. The van der Waals surface area contributed by atoms with Crippen molar-refractivity contribution in [2.45, 2.75) is 20.0 Å². The van der Waals surface area contributed by atoms with E-state index in [9.17, 15) is 9.59 Å². The van der Waals surface area contributed by atoms with E-state index in [0.717, 1.165) is 11.1 Å². The minimum atomic E-state index is -1.04. The van der Waals surface area contributed by atoms with Crippen LogP contribution in [0.4, 0.5) is 5.69 Å². The molecule has 0 bridgehead atoms. The van der Waals surface area contributed by atoms with Crippen molar-refractivity contribution in [2.75, 3.05) is 5.32 Å². The van der Waals surface area contributed by atoms with Crippen LogP contribution in [0.15, 0.2) is 47.8 Å². The summed E-state index contributed by atoms with van der Waals surface area (Å²) in [5.41, 5.74) is 2.55. The molecule has 2 aromatic carbocycles. The molecule has 0 aliphatic carbocycles. The number of anilines is 1. The van der Waals surface area contributed by atoms with Gasteiger partial charge in [0.15, 0.2) is 11.8 Å². The Morgan fingerprint density at radius 3 is 2.57 bits per heavy atom. The first kappa shape index (κ1) is 20.3. The number of aryl methyl sites for hydroxylation is 1. The number of benzene rings is 2. The summed E-state index contributed by atoms with van der Waals surface area (Å²) in [4.78, 5) is 28.9. The monoisotopic (exact) mass is 434 g/mol. The van der Waals surface area contributed by atoms with E-state index >= 15 is 0 Å². The van der Waals surface area contributed by atoms with Crippen LogP contribution in [0.2, 0.25) is 10.0 Å². The van der Waals surface area contributed by atoms with Gasteiger partial charge in [-0.3, -0.25) is 4.79 Å². The van der Waals surface area contributed by atoms with Crippen LogP contribution in [0.3, 0.4) is 0 Å². The molecule has 5 nitrogen and oxygen atoms in total. The molecule has 1 atom stereocenters. The molecule has 1 amide bonds. The zero-order chi connectivity index (χ0) is 20.3. The van der Waals surface area contributed by atoms with Crippen molar-refractivity contribution >= 4 is 52.1 Å². The van der Waals surface area contributed by atoms with Crippen molar-refractivity contribution < 1.29 is 14.3 Å². The van der Waals surface area contributed by atoms with Crippen molar-refractivity contribution in [3.8, 4) is 10.6 Å². The second kappa shape index (κ2) is 8.73. The molecule has 1 N–H and O–H groups in total. The number of aromatic nitrogens is 1. The van der Waals surface area contributed by atoms with E-state index in [1.165, 1.54) is 18.3 Å². The largest absolute Gasteiger partial charge is 0.448 e. The van der Waals surface area contributed by atoms with Crippen LogP contribution in [0.25, 0.3) is 10.6 Å². The van der Waals surface area contributed by atoms with Gasteiger partial charge in [0.1, 0.15) is 5.01 Å². The van der Waals surface area contributed by atoms with Crippen LogP contribution in [0.5, 0.6) is 0 Å². The molecule has 1 heterocycles. The zero-order valence-corrected chi connectivity index (χ0v) is 17.4.